The number of halogens is 2. The third kappa shape index (κ3) is 6.64. The molecule has 0 saturated carbocycles. The Kier molecular flexibility index (Phi) is 8.98. The Morgan fingerprint density at radius 1 is 1.00 bits per heavy atom. The van der Waals surface area contributed by atoms with Crippen LogP contribution in [0.15, 0.2) is 53.9 Å². The maximum Gasteiger partial charge on any atom is 0.323 e. The molecule has 2 aromatic heterocycles. The standard InChI is InChI=1S/C26H28Cl2N6OS/c1-3-34(4-2)14-5-13-29-25-23-22(12-15-36-23)31-24(33-25)17-6-9-19(10-7-17)30-26(35)32-21-11-8-18(27)16-20(21)28/h6-12,15-16H,3-5,13-14H2,1-2H3,(H,29,31,33)(H2,30,32,35). The van der Waals surface area contributed by atoms with Gasteiger partial charge in [0.1, 0.15) is 5.82 Å². The zero-order chi connectivity index (χ0) is 25.5. The monoisotopic (exact) mass is 542 g/mol. The first-order chi connectivity index (χ1) is 17.5. The quantitative estimate of drug-likeness (QED) is 0.181. The summed E-state index contributed by atoms with van der Waals surface area (Å²) in [6.45, 7) is 8.39. The summed E-state index contributed by atoms with van der Waals surface area (Å²) in [5.41, 5.74) is 2.89. The Balaban J connectivity index is 1.43. The minimum absolute atomic E-state index is 0.367. The summed E-state index contributed by atoms with van der Waals surface area (Å²) in [5.74, 6) is 1.49. The van der Waals surface area contributed by atoms with Gasteiger partial charge in [0, 0.05) is 22.8 Å². The molecule has 7 nitrogen and oxygen atoms in total. The number of nitrogens with one attached hydrogen (secondary N) is 3. The number of hydrogen-bond acceptors (Lipinski definition) is 6. The van der Waals surface area contributed by atoms with Gasteiger partial charge < -0.3 is 20.9 Å². The van der Waals surface area contributed by atoms with Crippen molar-refractivity contribution < 1.29 is 4.79 Å². The molecule has 0 aliphatic carbocycles. The maximum absolute atomic E-state index is 12.4. The second kappa shape index (κ2) is 12.4. The number of rotatable bonds is 10. The molecular formula is C26H28Cl2N6OS. The van der Waals surface area contributed by atoms with Crippen molar-refractivity contribution in [1.29, 1.82) is 0 Å². The van der Waals surface area contributed by atoms with Gasteiger partial charge in [-0.1, -0.05) is 37.0 Å². The third-order valence-electron chi connectivity index (χ3n) is 5.72. The van der Waals surface area contributed by atoms with E-state index >= 15 is 0 Å². The van der Waals surface area contributed by atoms with Crippen molar-refractivity contribution in [1.82, 2.24) is 14.9 Å². The molecule has 0 aliphatic rings. The maximum atomic E-state index is 12.4. The highest BCUT2D eigenvalue weighted by molar-refractivity contribution is 7.17. The summed E-state index contributed by atoms with van der Waals surface area (Å²) in [6.07, 6.45) is 1.04. The highest BCUT2D eigenvalue weighted by Crippen LogP contribution is 2.30. The van der Waals surface area contributed by atoms with Crippen LogP contribution >= 0.6 is 34.5 Å². The van der Waals surface area contributed by atoms with Gasteiger partial charge in [-0.05, 0) is 80.0 Å². The largest absolute Gasteiger partial charge is 0.369 e. The molecule has 2 heterocycles. The zero-order valence-corrected chi connectivity index (χ0v) is 22.5. The summed E-state index contributed by atoms with van der Waals surface area (Å²) in [4.78, 5) is 24.4. The van der Waals surface area contributed by atoms with Gasteiger partial charge in [0.15, 0.2) is 5.82 Å². The first kappa shape index (κ1) is 26.2. The molecule has 3 N–H and O–H groups in total. The Morgan fingerprint density at radius 2 is 1.78 bits per heavy atom. The molecule has 0 radical (unpaired) electrons. The highest BCUT2D eigenvalue weighted by atomic mass is 35.5. The van der Waals surface area contributed by atoms with E-state index in [1.54, 1.807) is 29.5 Å². The van der Waals surface area contributed by atoms with Crippen LogP contribution in [0.25, 0.3) is 21.6 Å². The molecular weight excluding hydrogens is 515 g/mol. The van der Waals surface area contributed by atoms with Crippen molar-refractivity contribution in [2.24, 2.45) is 0 Å². The molecule has 0 atom stereocenters. The fourth-order valence-corrected chi connectivity index (χ4v) is 4.99. The van der Waals surface area contributed by atoms with Gasteiger partial charge in [-0.25, -0.2) is 14.8 Å². The lowest BCUT2D eigenvalue weighted by Crippen LogP contribution is -2.25. The van der Waals surface area contributed by atoms with Crippen LogP contribution in [-0.2, 0) is 0 Å². The van der Waals surface area contributed by atoms with Crippen LogP contribution in [0, 0.1) is 0 Å². The van der Waals surface area contributed by atoms with Gasteiger partial charge in [0.2, 0.25) is 0 Å². The van der Waals surface area contributed by atoms with Gasteiger partial charge in [0.25, 0.3) is 0 Å². The van der Waals surface area contributed by atoms with Gasteiger partial charge in [-0.15, -0.1) is 11.3 Å². The van der Waals surface area contributed by atoms with E-state index in [4.69, 9.17) is 33.2 Å². The highest BCUT2D eigenvalue weighted by Gasteiger charge is 2.12. The molecule has 0 fully saturated rings. The van der Waals surface area contributed by atoms with E-state index in [0.717, 1.165) is 54.2 Å². The Morgan fingerprint density at radius 3 is 2.50 bits per heavy atom. The first-order valence-electron chi connectivity index (χ1n) is 11.8. The minimum atomic E-state index is -0.404. The van der Waals surface area contributed by atoms with Crippen LogP contribution in [0.2, 0.25) is 10.0 Å². The number of urea groups is 1. The fourth-order valence-electron chi connectivity index (χ4n) is 3.74. The Hall–Kier alpha value is -2.91. The van der Waals surface area contributed by atoms with E-state index in [2.05, 4.69) is 34.7 Å². The average Bonchev–Trinajstić information content (AvgIpc) is 3.35. The van der Waals surface area contributed by atoms with E-state index in [-0.39, 0.29) is 0 Å². The lowest BCUT2D eigenvalue weighted by atomic mass is 10.2. The van der Waals surface area contributed by atoms with Crippen molar-refractivity contribution in [2.75, 3.05) is 42.1 Å². The van der Waals surface area contributed by atoms with E-state index in [1.807, 2.05) is 35.7 Å². The number of carbonyl (C=O) groups excluding carboxylic acids is 1. The molecule has 188 valence electrons. The second-order valence-electron chi connectivity index (χ2n) is 8.12. The lowest BCUT2D eigenvalue weighted by Gasteiger charge is -2.18. The smallest absolute Gasteiger partial charge is 0.323 e. The van der Waals surface area contributed by atoms with E-state index < -0.39 is 6.03 Å². The number of nitrogens with zero attached hydrogens (tertiary/aromatic N) is 3. The van der Waals surface area contributed by atoms with Crippen LogP contribution in [0.5, 0.6) is 0 Å². The van der Waals surface area contributed by atoms with Crippen LogP contribution < -0.4 is 16.0 Å². The molecule has 10 heteroatoms. The van der Waals surface area contributed by atoms with Crippen molar-refractivity contribution in [3.8, 4) is 11.4 Å². The number of amides is 2. The molecule has 0 unspecified atom stereocenters. The van der Waals surface area contributed by atoms with Gasteiger partial charge >= 0.3 is 6.03 Å². The van der Waals surface area contributed by atoms with Crippen LogP contribution in [0.3, 0.4) is 0 Å². The van der Waals surface area contributed by atoms with Gasteiger partial charge in [0.05, 0.1) is 20.9 Å². The summed E-state index contributed by atoms with van der Waals surface area (Å²) in [7, 11) is 0. The van der Waals surface area contributed by atoms with E-state index in [0.29, 0.717) is 27.2 Å². The lowest BCUT2D eigenvalue weighted by molar-refractivity contribution is 0.262. The topological polar surface area (TPSA) is 82.2 Å². The minimum Gasteiger partial charge on any atom is -0.369 e. The average molecular weight is 544 g/mol. The number of thiophene rings is 1. The van der Waals surface area contributed by atoms with Crippen molar-refractivity contribution >= 4 is 68.0 Å². The molecule has 4 aromatic rings. The second-order valence-corrected chi connectivity index (χ2v) is 9.88. The van der Waals surface area contributed by atoms with Crippen molar-refractivity contribution in [3.05, 3.63) is 64.0 Å². The Labute approximate surface area is 224 Å². The normalized spacial score (nSPS) is 11.1. The van der Waals surface area contributed by atoms with E-state index in [1.165, 1.54) is 0 Å². The molecule has 0 aliphatic heterocycles. The van der Waals surface area contributed by atoms with Crippen LogP contribution in [0.1, 0.15) is 20.3 Å². The molecule has 0 spiro atoms. The van der Waals surface area contributed by atoms with Crippen LogP contribution in [0.4, 0.5) is 22.0 Å². The number of fused-ring (bicyclic) bond motifs is 1. The van der Waals surface area contributed by atoms with Crippen LogP contribution in [-0.4, -0.2) is 47.1 Å². The summed E-state index contributed by atoms with van der Waals surface area (Å²) < 4.78 is 1.05. The predicted octanol–water partition coefficient (Wildman–Crippen LogP) is 7.45. The first-order valence-corrected chi connectivity index (χ1v) is 13.4. The van der Waals surface area contributed by atoms with Gasteiger partial charge in [-0.3, -0.25) is 0 Å². The van der Waals surface area contributed by atoms with Crippen molar-refractivity contribution in [2.45, 2.75) is 20.3 Å². The summed E-state index contributed by atoms with van der Waals surface area (Å²) in [5, 5.41) is 11.9. The van der Waals surface area contributed by atoms with E-state index in [9.17, 15) is 4.79 Å². The Bertz CT molecular complexity index is 1320. The molecule has 0 saturated heterocycles. The molecule has 4 rings (SSSR count). The van der Waals surface area contributed by atoms with Crippen molar-refractivity contribution in [3.63, 3.8) is 0 Å². The molecule has 2 amide bonds. The number of hydrogen-bond donors (Lipinski definition) is 3. The molecule has 2 aromatic carbocycles. The predicted molar refractivity (Wildman–Crippen MR) is 153 cm³/mol. The van der Waals surface area contributed by atoms with Gasteiger partial charge in [-0.2, -0.15) is 0 Å². The summed E-state index contributed by atoms with van der Waals surface area (Å²) in [6, 6.07) is 13.9. The SMILES string of the molecule is CCN(CC)CCCNc1nc(-c2ccc(NC(=O)Nc3ccc(Cl)cc3Cl)cc2)nc2ccsc12. The number of carbonyl (C=O) groups is 1. The summed E-state index contributed by atoms with van der Waals surface area (Å²) >= 11 is 13.7. The number of aromatic nitrogens is 2. The molecule has 36 heavy (non-hydrogen) atoms. The fraction of sp³-hybridized carbons (Fsp3) is 0.269. The number of benzene rings is 2. The zero-order valence-electron chi connectivity index (χ0n) is 20.1. The number of anilines is 3. The third-order valence-corrected chi connectivity index (χ3v) is 7.18. The molecule has 0 bridgehead atoms.